The predicted octanol–water partition coefficient (Wildman–Crippen LogP) is 3.52. The molecule has 0 aliphatic carbocycles. The molecule has 1 aromatic rings. The second-order valence-electron chi connectivity index (χ2n) is 4.32. The molecule has 1 nitrogen and oxygen atoms in total. The summed E-state index contributed by atoms with van der Waals surface area (Å²) in [6.07, 6.45) is -3.36. The predicted molar refractivity (Wildman–Crippen MR) is 61.0 cm³/mol. The van der Waals surface area contributed by atoms with Crippen molar-refractivity contribution in [1.29, 1.82) is 0 Å². The molecule has 1 atom stereocenters. The van der Waals surface area contributed by atoms with Gasteiger partial charge in [-0.15, -0.1) is 11.6 Å². The Bertz CT molecular complexity index is 392. The number of hydrogen-bond acceptors (Lipinski definition) is 1. The fourth-order valence-corrected chi connectivity index (χ4v) is 2.33. The Kier molecular flexibility index (Phi) is 3.64. The van der Waals surface area contributed by atoms with Crippen molar-refractivity contribution in [1.82, 2.24) is 4.90 Å². The molecule has 94 valence electrons. The molecule has 1 saturated heterocycles. The highest BCUT2D eigenvalue weighted by molar-refractivity contribution is 6.20. The molecule has 1 fully saturated rings. The van der Waals surface area contributed by atoms with Gasteiger partial charge in [-0.3, -0.25) is 4.90 Å². The van der Waals surface area contributed by atoms with E-state index in [1.807, 2.05) is 0 Å². The van der Waals surface area contributed by atoms with Gasteiger partial charge in [-0.05, 0) is 24.6 Å². The molecule has 0 aromatic heterocycles. The number of halogens is 4. The maximum absolute atomic E-state index is 12.5. The molecule has 0 amide bonds. The first-order valence-corrected chi connectivity index (χ1v) is 5.91. The van der Waals surface area contributed by atoms with Crippen LogP contribution in [0.1, 0.15) is 17.5 Å². The van der Waals surface area contributed by atoms with Crippen molar-refractivity contribution in [3.8, 4) is 0 Å². The summed E-state index contributed by atoms with van der Waals surface area (Å²) in [5.41, 5.74) is 0.0993. The van der Waals surface area contributed by atoms with Crippen molar-refractivity contribution in [3.05, 3.63) is 35.4 Å². The molecule has 1 aliphatic rings. The topological polar surface area (TPSA) is 3.24 Å². The van der Waals surface area contributed by atoms with Crippen molar-refractivity contribution in [2.24, 2.45) is 0 Å². The van der Waals surface area contributed by atoms with Crippen LogP contribution in [0.25, 0.3) is 0 Å². The van der Waals surface area contributed by atoms with Gasteiger partial charge in [0.1, 0.15) is 0 Å². The lowest BCUT2D eigenvalue weighted by Gasteiger charge is -2.16. The molecule has 1 unspecified atom stereocenters. The number of hydrogen-bond donors (Lipinski definition) is 0. The summed E-state index contributed by atoms with van der Waals surface area (Å²) in [5.74, 6) is 0. The van der Waals surface area contributed by atoms with Gasteiger partial charge in [0.05, 0.1) is 5.56 Å². The van der Waals surface area contributed by atoms with Crippen LogP contribution in [-0.2, 0) is 12.7 Å². The van der Waals surface area contributed by atoms with E-state index in [4.69, 9.17) is 11.6 Å². The molecule has 5 heteroatoms. The van der Waals surface area contributed by atoms with E-state index in [2.05, 4.69) is 4.90 Å². The third-order valence-electron chi connectivity index (χ3n) is 2.88. The van der Waals surface area contributed by atoms with Crippen molar-refractivity contribution in [3.63, 3.8) is 0 Å². The Hall–Kier alpha value is -0.740. The van der Waals surface area contributed by atoms with Gasteiger partial charge < -0.3 is 0 Å². The highest BCUT2D eigenvalue weighted by Gasteiger charge is 2.30. The van der Waals surface area contributed by atoms with Gasteiger partial charge in [0.15, 0.2) is 0 Å². The molecule has 2 rings (SSSR count). The van der Waals surface area contributed by atoms with Gasteiger partial charge in [-0.25, -0.2) is 0 Å². The molecular weight excluding hydrogens is 251 g/mol. The van der Waals surface area contributed by atoms with E-state index in [0.717, 1.165) is 25.6 Å². The molecular formula is C12H13ClF3N. The van der Waals surface area contributed by atoms with Crippen LogP contribution in [0.2, 0.25) is 0 Å². The summed E-state index contributed by atoms with van der Waals surface area (Å²) in [4.78, 5) is 2.08. The first-order chi connectivity index (χ1) is 7.95. The maximum Gasteiger partial charge on any atom is 0.416 e. The van der Waals surface area contributed by atoms with E-state index in [1.165, 1.54) is 12.1 Å². The Balaban J connectivity index is 2.06. The highest BCUT2D eigenvalue weighted by Crippen LogP contribution is 2.30. The second-order valence-corrected chi connectivity index (χ2v) is 4.94. The van der Waals surface area contributed by atoms with E-state index in [1.54, 1.807) is 6.07 Å². The Labute approximate surface area is 103 Å². The van der Waals surface area contributed by atoms with Crippen LogP contribution in [0.4, 0.5) is 13.2 Å². The monoisotopic (exact) mass is 263 g/mol. The zero-order valence-corrected chi connectivity index (χ0v) is 9.93. The minimum absolute atomic E-state index is 0.126. The van der Waals surface area contributed by atoms with Crippen molar-refractivity contribution < 1.29 is 13.2 Å². The molecule has 0 saturated carbocycles. The van der Waals surface area contributed by atoms with Gasteiger partial charge in [-0.1, -0.05) is 18.2 Å². The minimum Gasteiger partial charge on any atom is -0.298 e. The van der Waals surface area contributed by atoms with Crippen LogP contribution >= 0.6 is 11.6 Å². The zero-order valence-electron chi connectivity index (χ0n) is 9.17. The van der Waals surface area contributed by atoms with Crippen LogP contribution < -0.4 is 0 Å². The van der Waals surface area contributed by atoms with Crippen LogP contribution in [0.3, 0.4) is 0 Å². The summed E-state index contributed by atoms with van der Waals surface area (Å²) < 4.78 is 37.5. The molecule has 0 spiro atoms. The van der Waals surface area contributed by atoms with Crippen molar-refractivity contribution in [2.75, 3.05) is 13.1 Å². The standard InChI is InChI=1S/C12H13ClF3N/c13-11-4-5-17(8-11)7-9-2-1-3-10(6-9)12(14,15)16/h1-3,6,11H,4-5,7-8H2. The van der Waals surface area contributed by atoms with E-state index in [-0.39, 0.29) is 5.38 Å². The van der Waals surface area contributed by atoms with E-state index >= 15 is 0 Å². The van der Waals surface area contributed by atoms with Gasteiger partial charge in [0, 0.05) is 18.5 Å². The summed E-state index contributed by atoms with van der Waals surface area (Å²) in [5, 5.41) is 0.126. The number of alkyl halides is 4. The maximum atomic E-state index is 12.5. The van der Waals surface area contributed by atoms with Crippen molar-refractivity contribution in [2.45, 2.75) is 24.5 Å². The number of benzene rings is 1. The lowest BCUT2D eigenvalue weighted by atomic mass is 10.1. The molecule has 17 heavy (non-hydrogen) atoms. The molecule has 0 N–H and O–H groups in total. The third kappa shape index (κ3) is 3.36. The van der Waals surface area contributed by atoms with Crippen LogP contribution in [-0.4, -0.2) is 23.4 Å². The molecule has 1 aliphatic heterocycles. The lowest BCUT2D eigenvalue weighted by Crippen LogP contribution is -2.20. The summed E-state index contributed by atoms with van der Waals surface area (Å²) in [7, 11) is 0. The van der Waals surface area contributed by atoms with Gasteiger partial charge in [-0.2, -0.15) is 13.2 Å². The number of rotatable bonds is 2. The molecule has 1 heterocycles. The Morgan fingerprint density at radius 2 is 2.12 bits per heavy atom. The number of nitrogens with zero attached hydrogens (tertiary/aromatic N) is 1. The smallest absolute Gasteiger partial charge is 0.298 e. The Morgan fingerprint density at radius 3 is 2.71 bits per heavy atom. The van der Waals surface area contributed by atoms with Crippen LogP contribution in [0, 0.1) is 0 Å². The third-order valence-corrected chi connectivity index (χ3v) is 3.23. The number of likely N-dealkylation sites (tertiary alicyclic amines) is 1. The fraction of sp³-hybridized carbons (Fsp3) is 0.500. The van der Waals surface area contributed by atoms with E-state index in [9.17, 15) is 13.2 Å². The normalized spacial score (nSPS) is 22.0. The molecule has 0 bridgehead atoms. The lowest BCUT2D eigenvalue weighted by molar-refractivity contribution is -0.137. The van der Waals surface area contributed by atoms with Gasteiger partial charge >= 0.3 is 6.18 Å². The highest BCUT2D eigenvalue weighted by atomic mass is 35.5. The van der Waals surface area contributed by atoms with E-state index < -0.39 is 11.7 Å². The van der Waals surface area contributed by atoms with Gasteiger partial charge in [0.2, 0.25) is 0 Å². The SMILES string of the molecule is FC(F)(F)c1cccc(CN2CCC(Cl)C2)c1. The van der Waals surface area contributed by atoms with Crippen molar-refractivity contribution >= 4 is 11.6 Å². The largest absolute Gasteiger partial charge is 0.416 e. The van der Waals surface area contributed by atoms with Crippen LogP contribution in [0.5, 0.6) is 0 Å². The van der Waals surface area contributed by atoms with E-state index in [0.29, 0.717) is 12.1 Å². The minimum atomic E-state index is -4.27. The Morgan fingerprint density at radius 1 is 1.35 bits per heavy atom. The summed E-state index contributed by atoms with van der Waals surface area (Å²) in [6.45, 7) is 2.13. The fourth-order valence-electron chi connectivity index (χ4n) is 2.03. The summed E-state index contributed by atoms with van der Waals surface area (Å²) in [6, 6.07) is 5.47. The van der Waals surface area contributed by atoms with Crippen LogP contribution in [0.15, 0.2) is 24.3 Å². The van der Waals surface area contributed by atoms with Gasteiger partial charge in [0.25, 0.3) is 0 Å². The average Bonchev–Trinajstić information content (AvgIpc) is 2.63. The first kappa shape index (κ1) is 12.7. The second kappa shape index (κ2) is 4.86. The zero-order chi connectivity index (χ0) is 12.5. The summed E-state index contributed by atoms with van der Waals surface area (Å²) >= 11 is 5.96. The molecule has 1 aromatic carbocycles. The quantitative estimate of drug-likeness (QED) is 0.738. The molecule has 0 radical (unpaired) electrons. The average molecular weight is 264 g/mol. The first-order valence-electron chi connectivity index (χ1n) is 5.48.